The summed E-state index contributed by atoms with van der Waals surface area (Å²) < 4.78 is 0.981. The zero-order chi connectivity index (χ0) is 17.4. The molecule has 0 atom stereocenters. The van der Waals surface area contributed by atoms with Crippen LogP contribution in [-0.2, 0) is 0 Å². The number of fused-ring (bicyclic) bond motifs is 1. The first-order chi connectivity index (χ1) is 12.1. The second-order valence-corrected chi connectivity index (χ2v) is 7.43. The van der Waals surface area contributed by atoms with Gasteiger partial charge >= 0.3 is 0 Å². The number of likely N-dealkylation sites (N-methyl/N-ethyl adjacent to an activating group) is 1. The number of thiazole rings is 1. The van der Waals surface area contributed by atoms with Gasteiger partial charge in [0.1, 0.15) is 5.01 Å². The monoisotopic (exact) mass is 352 g/mol. The Balaban J connectivity index is 1.59. The molecule has 1 aliphatic heterocycles. The van der Waals surface area contributed by atoms with Crippen LogP contribution in [0.2, 0.25) is 0 Å². The van der Waals surface area contributed by atoms with Gasteiger partial charge in [0.2, 0.25) is 5.91 Å². The Morgan fingerprint density at radius 1 is 1.08 bits per heavy atom. The van der Waals surface area contributed by atoms with Gasteiger partial charge in [0.25, 0.3) is 0 Å². The zero-order valence-electron chi connectivity index (χ0n) is 14.1. The molecule has 5 nitrogen and oxygen atoms in total. The van der Waals surface area contributed by atoms with E-state index in [1.807, 2.05) is 12.1 Å². The second kappa shape index (κ2) is 6.46. The van der Waals surface area contributed by atoms with Gasteiger partial charge in [-0.1, -0.05) is 0 Å². The number of anilines is 1. The molecule has 0 aliphatic carbocycles. The maximum absolute atomic E-state index is 11.3. The Labute approximate surface area is 150 Å². The number of hydrogen-bond acceptors (Lipinski definition) is 5. The molecule has 3 aromatic rings. The third-order valence-corrected chi connectivity index (χ3v) is 5.72. The van der Waals surface area contributed by atoms with E-state index in [-0.39, 0.29) is 0 Å². The minimum absolute atomic E-state index is 0.409. The third kappa shape index (κ3) is 3.23. The van der Waals surface area contributed by atoms with Crippen LogP contribution >= 0.6 is 11.3 Å². The van der Waals surface area contributed by atoms with Crippen molar-refractivity contribution >= 4 is 33.1 Å². The Hall–Kier alpha value is -2.44. The van der Waals surface area contributed by atoms with Gasteiger partial charge in [0.05, 0.1) is 10.2 Å². The lowest BCUT2D eigenvalue weighted by atomic mass is 10.2. The van der Waals surface area contributed by atoms with E-state index in [1.54, 1.807) is 17.4 Å². The summed E-state index contributed by atoms with van der Waals surface area (Å²) in [6, 6.07) is 14.0. The van der Waals surface area contributed by atoms with Gasteiger partial charge in [-0.05, 0) is 49.5 Å². The lowest BCUT2D eigenvalue weighted by molar-refractivity contribution is 0.100. The first-order valence-corrected chi connectivity index (χ1v) is 9.16. The highest BCUT2D eigenvalue weighted by Crippen LogP contribution is 2.32. The number of nitrogens with two attached hydrogens (primary N) is 1. The van der Waals surface area contributed by atoms with E-state index in [1.165, 1.54) is 5.69 Å². The summed E-state index contributed by atoms with van der Waals surface area (Å²) in [4.78, 5) is 20.8. The number of primary amides is 1. The molecule has 0 unspecified atom stereocenters. The van der Waals surface area contributed by atoms with Crippen molar-refractivity contribution in [2.75, 3.05) is 38.1 Å². The fourth-order valence-electron chi connectivity index (χ4n) is 3.08. The first-order valence-electron chi connectivity index (χ1n) is 8.34. The van der Waals surface area contributed by atoms with Crippen LogP contribution in [0.25, 0.3) is 20.8 Å². The van der Waals surface area contributed by atoms with Crippen LogP contribution in [-0.4, -0.2) is 49.0 Å². The van der Waals surface area contributed by atoms with E-state index >= 15 is 0 Å². The van der Waals surface area contributed by atoms with Crippen molar-refractivity contribution < 1.29 is 4.79 Å². The van der Waals surface area contributed by atoms with E-state index in [0.717, 1.165) is 47.0 Å². The predicted octanol–water partition coefficient (Wildman–Crippen LogP) is 2.81. The van der Waals surface area contributed by atoms with E-state index in [0.29, 0.717) is 5.56 Å². The lowest BCUT2D eigenvalue weighted by Crippen LogP contribution is -2.44. The Bertz CT molecular complexity index is 911. The number of hydrogen-bond donors (Lipinski definition) is 1. The molecule has 1 aromatic heterocycles. The van der Waals surface area contributed by atoms with Crippen LogP contribution in [0.1, 0.15) is 10.4 Å². The molecule has 128 valence electrons. The third-order valence-electron chi connectivity index (χ3n) is 4.66. The van der Waals surface area contributed by atoms with Gasteiger partial charge in [0.15, 0.2) is 0 Å². The lowest BCUT2D eigenvalue weighted by Gasteiger charge is -2.34. The summed E-state index contributed by atoms with van der Waals surface area (Å²) in [6.07, 6.45) is 0. The molecule has 1 aliphatic rings. The molecule has 1 amide bonds. The fourth-order valence-corrected chi connectivity index (χ4v) is 4.09. The molecule has 0 radical (unpaired) electrons. The smallest absolute Gasteiger partial charge is 0.248 e. The highest BCUT2D eigenvalue weighted by molar-refractivity contribution is 7.21. The summed E-state index contributed by atoms with van der Waals surface area (Å²) >= 11 is 1.58. The summed E-state index contributed by atoms with van der Waals surface area (Å²) in [5, 5.41) is 0.960. The summed E-state index contributed by atoms with van der Waals surface area (Å²) in [6.45, 7) is 4.32. The van der Waals surface area contributed by atoms with Crippen LogP contribution in [0, 0.1) is 0 Å². The number of aromatic nitrogens is 1. The highest BCUT2D eigenvalue weighted by Gasteiger charge is 2.15. The standard InChI is InChI=1S/C19H20N4OS/c1-22-8-10-23(11-9-22)15-5-2-13(3-6-15)19-21-16-7-4-14(18(20)24)12-17(16)25-19/h2-7,12H,8-11H2,1H3,(H2,20,24). The molecular weight excluding hydrogens is 332 g/mol. The molecule has 1 fully saturated rings. The minimum Gasteiger partial charge on any atom is -0.369 e. The van der Waals surface area contributed by atoms with Gasteiger partial charge < -0.3 is 15.5 Å². The van der Waals surface area contributed by atoms with E-state index < -0.39 is 5.91 Å². The molecule has 25 heavy (non-hydrogen) atoms. The van der Waals surface area contributed by atoms with Crippen LogP contribution in [0.15, 0.2) is 42.5 Å². The van der Waals surface area contributed by atoms with Crippen molar-refractivity contribution in [2.24, 2.45) is 5.73 Å². The van der Waals surface area contributed by atoms with Crippen LogP contribution in [0.4, 0.5) is 5.69 Å². The average molecular weight is 352 g/mol. The first kappa shape index (κ1) is 16.1. The molecule has 0 spiro atoms. The Kier molecular flexibility index (Phi) is 4.15. The second-order valence-electron chi connectivity index (χ2n) is 6.40. The van der Waals surface area contributed by atoms with Crippen molar-refractivity contribution in [3.05, 3.63) is 48.0 Å². The van der Waals surface area contributed by atoms with Gasteiger partial charge in [0, 0.05) is 43.0 Å². The number of nitrogens with zero attached hydrogens (tertiary/aromatic N) is 3. The molecular formula is C19H20N4OS. The number of benzene rings is 2. The number of carbonyl (C=O) groups excluding carboxylic acids is 1. The van der Waals surface area contributed by atoms with Gasteiger partial charge in [-0.3, -0.25) is 4.79 Å². The van der Waals surface area contributed by atoms with E-state index in [9.17, 15) is 4.79 Å². The Morgan fingerprint density at radius 3 is 2.48 bits per heavy atom. The van der Waals surface area contributed by atoms with E-state index in [2.05, 4.69) is 46.1 Å². The normalized spacial score (nSPS) is 15.6. The molecule has 2 aromatic carbocycles. The topological polar surface area (TPSA) is 62.5 Å². The summed E-state index contributed by atoms with van der Waals surface area (Å²) in [5.74, 6) is -0.409. The number of rotatable bonds is 3. The largest absolute Gasteiger partial charge is 0.369 e. The van der Waals surface area contributed by atoms with Crippen LogP contribution in [0.3, 0.4) is 0 Å². The Morgan fingerprint density at radius 2 is 1.80 bits per heavy atom. The van der Waals surface area contributed by atoms with Gasteiger partial charge in [-0.2, -0.15) is 0 Å². The zero-order valence-corrected chi connectivity index (χ0v) is 14.9. The van der Waals surface area contributed by atoms with Crippen molar-refractivity contribution in [1.29, 1.82) is 0 Å². The molecule has 4 rings (SSSR count). The van der Waals surface area contributed by atoms with Gasteiger partial charge in [-0.25, -0.2) is 4.98 Å². The predicted molar refractivity (Wildman–Crippen MR) is 103 cm³/mol. The van der Waals surface area contributed by atoms with E-state index in [4.69, 9.17) is 5.73 Å². The number of amides is 1. The number of carbonyl (C=O) groups is 1. The minimum atomic E-state index is -0.409. The maximum Gasteiger partial charge on any atom is 0.248 e. The van der Waals surface area contributed by atoms with Crippen LogP contribution < -0.4 is 10.6 Å². The highest BCUT2D eigenvalue weighted by atomic mass is 32.1. The molecule has 1 saturated heterocycles. The average Bonchev–Trinajstić information content (AvgIpc) is 3.05. The van der Waals surface area contributed by atoms with Crippen LogP contribution in [0.5, 0.6) is 0 Å². The molecule has 0 saturated carbocycles. The van der Waals surface area contributed by atoms with Crippen molar-refractivity contribution in [3.8, 4) is 10.6 Å². The SMILES string of the molecule is CN1CCN(c2ccc(-c3nc4ccc(C(N)=O)cc4s3)cc2)CC1. The summed E-state index contributed by atoms with van der Waals surface area (Å²) in [5.41, 5.74) is 9.13. The van der Waals surface area contributed by atoms with Crippen molar-refractivity contribution in [2.45, 2.75) is 0 Å². The summed E-state index contributed by atoms with van der Waals surface area (Å²) in [7, 11) is 2.16. The van der Waals surface area contributed by atoms with Crippen molar-refractivity contribution in [3.63, 3.8) is 0 Å². The molecule has 0 bridgehead atoms. The van der Waals surface area contributed by atoms with Crippen molar-refractivity contribution in [1.82, 2.24) is 9.88 Å². The maximum atomic E-state index is 11.3. The molecule has 6 heteroatoms. The molecule has 2 heterocycles. The van der Waals surface area contributed by atoms with Gasteiger partial charge in [-0.15, -0.1) is 11.3 Å². The quantitative estimate of drug-likeness (QED) is 0.787. The molecule has 2 N–H and O–H groups in total. The number of piperazine rings is 1. The fraction of sp³-hybridized carbons (Fsp3) is 0.263.